The van der Waals surface area contributed by atoms with Crippen LogP contribution in [0, 0.1) is 0 Å². The molecule has 5 heteroatoms. The third-order valence-corrected chi connectivity index (χ3v) is 4.61. The van der Waals surface area contributed by atoms with Crippen LogP contribution in [0.3, 0.4) is 0 Å². The van der Waals surface area contributed by atoms with Gasteiger partial charge in [-0.3, -0.25) is 4.79 Å². The third kappa shape index (κ3) is 4.15. The minimum atomic E-state index is -0.281. The van der Waals surface area contributed by atoms with Gasteiger partial charge in [0, 0.05) is 18.4 Å². The van der Waals surface area contributed by atoms with Crippen LogP contribution in [0.15, 0.2) is 35.7 Å². The topological polar surface area (TPSA) is 51.2 Å². The summed E-state index contributed by atoms with van der Waals surface area (Å²) in [5.74, 6) is -0.0164. The molecule has 1 saturated heterocycles. The summed E-state index contributed by atoms with van der Waals surface area (Å²) in [5.41, 5.74) is 2.17. The number of thiazole rings is 1. The van der Waals surface area contributed by atoms with Crippen molar-refractivity contribution in [3.63, 3.8) is 0 Å². The van der Waals surface area contributed by atoms with Crippen LogP contribution in [0.5, 0.6) is 0 Å². The van der Waals surface area contributed by atoms with E-state index >= 15 is 0 Å². The molecule has 1 aromatic heterocycles. The van der Waals surface area contributed by atoms with Gasteiger partial charge in [-0.05, 0) is 24.8 Å². The van der Waals surface area contributed by atoms with Crippen LogP contribution in [0.4, 0.5) is 0 Å². The molecule has 0 aliphatic carbocycles. The second-order valence-electron chi connectivity index (χ2n) is 5.47. The summed E-state index contributed by atoms with van der Waals surface area (Å²) in [4.78, 5) is 16.6. The van der Waals surface area contributed by atoms with Crippen LogP contribution in [-0.2, 0) is 22.5 Å². The molecular weight excluding hydrogens is 296 g/mol. The Morgan fingerprint density at radius 1 is 1.32 bits per heavy atom. The van der Waals surface area contributed by atoms with Crippen molar-refractivity contribution in [1.82, 2.24) is 10.3 Å². The van der Waals surface area contributed by atoms with Crippen molar-refractivity contribution in [2.45, 2.75) is 38.3 Å². The molecule has 1 amide bonds. The number of nitrogens with zero attached hydrogens (tertiary/aromatic N) is 1. The number of carbonyl (C=O) groups is 1. The average molecular weight is 316 g/mol. The van der Waals surface area contributed by atoms with E-state index in [4.69, 9.17) is 4.74 Å². The van der Waals surface area contributed by atoms with Gasteiger partial charge in [-0.25, -0.2) is 4.98 Å². The first-order chi connectivity index (χ1) is 10.8. The fourth-order valence-electron chi connectivity index (χ4n) is 2.52. The summed E-state index contributed by atoms with van der Waals surface area (Å²) in [6, 6.07) is 10.3. The molecule has 3 rings (SSSR count). The molecule has 4 nitrogen and oxygen atoms in total. The van der Waals surface area contributed by atoms with Crippen LogP contribution in [0.2, 0.25) is 0 Å². The maximum absolute atomic E-state index is 12.0. The molecule has 0 bridgehead atoms. The van der Waals surface area contributed by atoms with Gasteiger partial charge in [-0.1, -0.05) is 30.3 Å². The quantitative estimate of drug-likeness (QED) is 0.923. The van der Waals surface area contributed by atoms with E-state index in [0.29, 0.717) is 13.2 Å². The Morgan fingerprint density at radius 2 is 2.18 bits per heavy atom. The second kappa shape index (κ2) is 7.51. The largest absolute Gasteiger partial charge is 0.368 e. The summed E-state index contributed by atoms with van der Waals surface area (Å²) in [7, 11) is 0. The van der Waals surface area contributed by atoms with E-state index < -0.39 is 0 Å². The molecule has 1 N–H and O–H groups in total. The van der Waals surface area contributed by atoms with Crippen molar-refractivity contribution >= 4 is 17.2 Å². The second-order valence-corrected chi connectivity index (χ2v) is 6.41. The van der Waals surface area contributed by atoms with E-state index in [1.54, 1.807) is 11.3 Å². The highest BCUT2D eigenvalue weighted by atomic mass is 32.1. The summed E-state index contributed by atoms with van der Waals surface area (Å²) < 4.78 is 5.48. The summed E-state index contributed by atoms with van der Waals surface area (Å²) in [5, 5.41) is 6.01. The molecule has 1 aliphatic rings. The Morgan fingerprint density at radius 3 is 2.95 bits per heavy atom. The minimum Gasteiger partial charge on any atom is -0.368 e. The molecule has 116 valence electrons. The van der Waals surface area contributed by atoms with E-state index in [2.05, 4.69) is 22.4 Å². The van der Waals surface area contributed by atoms with E-state index in [0.717, 1.165) is 36.4 Å². The summed E-state index contributed by atoms with van der Waals surface area (Å²) >= 11 is 1.64. The number of benzene rings is 1. The van der Waals surface area contributed by atoms with E-state index in [9.17, 15) is 4.79 Å². The van der Waals surface area contributed by atoms with Gasteiger partial charge in [0.25, 0.3) is 0 Å². The highest BCUT2D eigenvalue weighted by molar-refractivity contribution is 7.09. The Bertz CT molecular complexity index is 606. The first-order valence-electron chi connectivity index (χ1n) is 7.68. The number of aromatic nitrogens is 1. The molecule has 1 aliphatic heterocycles. The highest BCUT2D eigenvalue weighted by Gasteiger charge is 2.21. The number of hydrogen-bond donors (Lipinski definition) is 1. The van der Waals surface area contributed by atoms with Gasteiger partial charge in [-0.2, -0.15) is 0 Å². The molecular formula is C17H20N2O2S. The van der Waals surface area contributed by atoms with Gasteiger partial charge in [0.1, 0.15) is 6.10 Å². The molecule has 0 radical (unpaired) electrons. The van der Waals surface area contributed by atoms with Crippen LogP contribution in [-0.4, -0.2) is 23.6 Å². The molecule has 0 unspecified atom stereocenters. The first-order valence-corrected chi connectivity index (χ1v) is 8.56. The maximum atomic E-state index is 12.0. The van der Waals surface area contributed by atoms with Crippen LogP contribution in [0.1, 0.15) is 35.5 Å². The number of rotatable bonds is 5. The zero-order valence-electron chi connectivity index (χ0n) is 12.5. The van der Waals surface area contributed by atoms with Crippen LogP contribution < -0.4 is 5.32 Å². The van der Waals surface area contributed by atoms with Gasteiger partial charge >= 0.3 is 0 Å². The number of hydrogen-bond acceptors (Lipinski definition) is 4. The SMILES string of the molecule is O=C(NCc1csc(Cc2ccccc2)n1)[C@@H]1CCCCO1. The van der Waals surface area contributed by atoms with Gasteiger partial charge in [0.2, 0.25) is 5.91 Å². The zero-order chi connectivity index (χ0) is 15.2. The standard InChI is InChI=1S/C17H20N2O2S/c20-17(15-8-4-5-9-21-15)18-11-14-12-22-16(19-14)10-13-6-2-1-3-7-13/h1-3,6-7,12,15H,4-5,8-11H2,(H,18,20)/t15-/m0/s1. The lowest BCUT2D eigenvalue weighted by atomic mass is 10.1. The van der Waals surface area contributed by atoms with E-state index in [1.807, 2.05) is 23.6 Å². The predicted octanol–water partition coefficient (Wildman–Crippen LogP) is 2.92. The number of nitrogens with one attached hydrogen (secondary N) is 1. The molecule has 2 heterocycles. The Hall–Kier alpha value is -1.72. The zero-order valence-corrected chi connectivity index (χ0v) is 13.3. The Labute approximate surface area is 134 Å². The lowest BCUT2D eigenvalue weighted by molar-refractivity contribution is -0.135. The molecule has 0 saturated carbocycles. The predicted molar refractivity (Wildman–Crippen MR) is 86.8 cm³/mol. The summed E-state index contributed by atoms with van der Waals surface area (Å²) in [6.07, 6.45) is 3.50. The molecule has 1 aromatic carbocycles. The van der Waals surface area contributed by atoms with Gasteiger partial charge in [0.05, 0.1) is 17.2 Å². The van der Waals surface area contributed by atoms with Crippen LogP contribution >= 0.6 is 11.3 Å². The lowest BCUT2D eigenvalue weighted by Gasteiger charge is -2.21. The lowest BCUT2D eigenvalue weighted by Crippen LogP contribution is -2.38. The number of ether oxygens (including phenoxy) is 1. The third-order valence-electron chi connectivity index (χ3n) is 3.71. The Balaban J connectivity index is 1.50. The van der Waals surface area contributed by atoms with E-state index in [1.165, 1.54) is 5.56 Å². The van der Waals surface area contributed by atoms with Crippen molar-refractivity contribution in [3.05, 3.63) is 52.0 Å². The fraction of sp³-hybridized carbons (Fsp3) is 0.412. The smallest absolute Gasteiger partial charge is 0.249 e. The fourth-order valence-corrected chi connectivity index (χ4v) is 3.35. The molecule has 1 atom stereocenters. The van der Waals surface area contributed by atoms with Crippen LogP contribution in [0.25, 0.3) is 0 Å². The monoisotopic (exact) mass is 316 g/mol. The van der Waals surface area contributed by atoms with Crippen molar-refractivity contribution in [2.75, 3.05) is 6.61 Å². The minimum absolute atomic E-state index is 0.0164. The number of amides is 1. The maximum Gasteiger partial charge on any atom is 0.249 e. The molecule has 2 aromatic rings. The first kappa shape index (κ1) is 15.2. The van der Waals surface area contributed by atoms with Gasteiger partial charge in [0.15, 0.2) is 0 Å². The average Bonchev–Trinajstić information content (AvgIpc) is 3.02. The Kier molecular flexibility index (Phi) is 5.19. The molecule has 22 heavy (non-hydrogen) atoms. The van der Waals surface area contributed by atoms with Gasteiger partial charge < -0.3 is 10.1 Å². The van der Waals surface area contributed by atoms with Crippen molar-refractivity contribution in [3.8, 4) is 0 Å². The van der Waals surface area contributed by atoms with Gasteiger partial charge in [-0.15, -0.1) is 11.3 Å². The molecule has 0 spiro atoms. The van der Waals surface area contributed by atoms with Crippen molar-refractivity contribution < 1.29 is 9.53 Å². The number of carbonyl (C=O) groups excluding carboxylic acids is 1. The summed E-state index contributed by atoms with van der Waals surface area (Å²) in [6.45, 7) is 1.17. The highest BCUT2D eigenvalue weighted by Crippen LogP contribution is 2.16. The normalized spacial score (nSPS) is 18.1. The van der Waals surface area contributed by atoms with Crippen molar-refractivity contribution in [1.29, 1.82) is 0 Å². The van der Waals surface area contributed by atoms with E-state index in [-0.39, 0.29) is 12.0 Å². The molecule has 1 fully saturated rings. The van der Waals surface area contributed by atoms with Crippen molar-refractivity contribution in [2.24, 2.45) is 0 Å².